The minimum Gasteiger partial charge on any atom is -0.504 e. The van der Waals surface area contributed by atoms with E-state index >= 15 is 0 Å². The maximum Gasteiger partial charge on any atom is 0.337 e. The number of carboxylic acids is 1. The summed E-state index contributed by atoms with van der Waals surface area (Å²) in [6.07, 6.45) is -8.81. The normalized spacial score (nSPS) is 25.7. The van der Waals surface area contributed by atoms with Gasteiger partial charge in [-0.05, 0) is 24.3 Å². The number of rotatable bonds is 5. The van der Waals surface area contributed by atoms with Crippen molar-refractivity contribution in [2.45, 2.75) is 30.3 Å². The smallest absolute Gasteiger partial charge is 0.337 e. The van der Waals surface area contributed by atoms with E-state index in [0.717, 1.165) is 0 Å². The summed E-state index contributed by atoms with van der Waals surface area (Å²) in [5.41, 5.74) is -9.16. The lowest BCUT2D eigenvalue weighted by atomic mass is 9.53. The Morgan fingerprint density at radius 1 is 0.714 bits per heavy atom. The van der Waals surface area contributed by atoms with Gasteiger partial charge in [0.1, 0.15) is 12.2 Å². The third-order valence-electron chi connectivity index (χ3n) is 6.05. The number of Topliss-reactive ketones (excluding diaryl/α,β-unsaturated/α-hetero) is 2. The van der Waals surface area contributed by atoms with Crippen LogP contribution in [-0.2, 0) is 4.79 Å². The fourth-order valence-corrected chi connectivity index (χ4v) is 4.22. The number of carboxylic acid groups (broad SMARTS) is 1. The van der Waals surface area contributed by atoms with Crippen molar-refractivity contribution in [1.82, 2.24) is 0 Å². The van der Waals surface area contributed by atoms with Crippen LogP contribution >= 0.6 is 0 Å². The molecule has 0 heterocycles. The van der Waals surface area contributed by atoms with Crippen LogP contribution in [-0.4, -0.2) is 97.6 Å². The molecule has 0 bridgehead atoms. The summed E-state index contributed by atoms with van der Waals surface area (Å²) >= 11 is 0. The molecule has 1 saturated carbocycles. The molecule has 0 amide bonds. The highest BCUT2D eigenvalue weighted by Crippen LogP contribution is 2.51. The van der Waals surface area contributed by atoms with Gasteiger partial charge in [0.25, 0.3) is 0 Å². The van der Waals surface area contributed by atoms with Crippen molar-refractivity contribution in [3.63, 3.8) is 0 Å². The van der Waals surface area contributed by atoms with Crippen LogP contribution in [0.5, 0.6) is 34.5 Å². The first kappa shape index (κ1) is 25.5. The van der Waals surface area contributed by atoms with Crippen molar-refractivity contribution in [1.29, 1.82) is 0 Å². The van der Waals surface area contributed by atoms with Crippen LogP contribution in [0.3, 0.4) is 0 Å². The molecule has 2 unspecified atom stereocenters. The van der Waals surface area contributed by atoms with E-state index in [0.29, 0.717) is 24.3 Å². The molecule has 0 aromatic heterocycles. The molecule has 0 spiro atoms. The average Bonchev–Trinajstić information content (AvgIpc) is 2.78. The zero-order valence-corrected chi connectivity index (χ0v) is 17.4. The Morgan fingerprint density at radius 2 is 1.06 bits per heavy atom. The van der Waals surface area contributed by atoms with Crippen molar-refractivity contribution < 1.29 is 70.6 Å². The highest BCUT2D eigenvalue weighted by atomic mass is 16.4. The van der Waals surface area contributed by atoms with Gasteiger partial charge in [-0.15, -0.1) is 0 Å². The fraction of sp³-hybridized carbons (Fsp3) is 0.286. The van der Waals surface area contributed by atoms with Crippen molar-refractivity contribution >= 4 is 17.5 Å². The topological polar surface area (TPSA) is 274 Å². The second kappa shape index (κ2) is 8.28. The Labute approximate surface area is 194 Å². The van der Waals surface area contributed by atoms with Crippen molar-refractivity contribution in [2.75, 3.05) is 0 Å². The molecule has 1 aliphatic carbocycles. The molecule has 2 aromatic rings. The number of aliphatic hydroxyl groups excluding tert-OH is 3. The van der Waals surface area contributed by atoms with Crippen LogP contribution in [0.25, 0.3) is 0 Å². The number of phenols is 6. The zero-order valence-electron chi connectivity index (χ0n) is 17.4. The lowest BCUT2D eigenvalue weighted by Gasteiger charge is -2.51. The molecule has 188 valence electrons. The van der Waals surface area contributed by atoms with E-state index in [1.807, 2.05) is 0 Å². The van der Waals surface area contributed by atoms with E-state index in [1.54, 1.807) is 0 Å². The van der Waals surface area contributed by atoms with Gasteiger partial charge in [-0.1, -0.05) is 0 Å². The largest absolute Gasteiger partial charge is 0.504 e. The molecule has 0 radical (unpaired) electrons. The summed E-state index contributed by atoms with van der Waals surface area (Å²) in [6, 6.07) is 1.85. The lowest BCUT2D eigenvalue weighted by molar-refractivity contribution is -0.216. The van der Waals surface area contributed by atoms with Gasteiger partial charge in [-0.25, -0.2) is 4.79 Å². The standard InChI is InChI=1S/C21H20O14/c22-8-1-6(2-9(23)13(8)27)16(30)21(17(31)7-3-10(24)14(28)11(25)4-7)18(32)15(29)12(26)5-20(21,35)19(33)34/h1-4,12,15,18,22-29,32,35H,5H2,(H,33,34)/t12-,15?,18+,20?/m1/s1. The van der Waals surface area contributed by atoms with Crippen LogP contribution in [0.15, 0.2) is 24.3 Å². The van der Waals surface area contributed by atoms with Crippen LogP contribution in [0.1, 0.15) is 27.1 Å². The molecule has 14 nitrogen and oxygen atoms in total. The molecule has 35 heavy (non-hydrogen) atoms. The maximum atomic E-state index is 13.7. The molecular weight excluding hydrogens is 476 g/mol. The third kappa shape index (κ3) is 3.47. The molecule has 2 aromatic carbocycles. The number of ketones is 2. The van der Waals surface area contributed by atoms with E-state index in [4.69, 9.17) is 0 Å². The minimum absolute atomic E-state index is 0.463. The number of phenolic OH excluding ortho intramolecular Hbond substituents is 6. The number of aliphatic carboxylic acids is 1. The summed E-state index contributed by atoms with van der Waals surface area (Å²) in [4.78, 5) is 39.6. The maximum absolute atomic E-state index is 13.7. The molecule has 14 heteroatoms. The second-order valence-electron chi connectivity index (χ2n) is 8.06. The molecular formula is C21H20O14. The number of carbonyl (C=O) groups is 3. The number of carbonyl (C=O) groups excluding carboxylic acids is 2. The Morgan fingerprint density at radius 3 is 1.37 bits per heavy atom. The average molecular weight is 496 g/mol. The monoisotopic (exact) mass is 496 g/mol. The van der Waals surface area contributed by atoms with Gasteiger partial charge < -0.3 is 56.2 Å². The summed E-state index contributed by atoms with van der Waals surface area (Å²) in [5, 5.41) is 110. The number of hydrogen-bond acceptors (Lipinski definition) is 13. The number of benzene rings is 2. The van der Waals surface area contributed by atoms with Crippen LogP contribution in [0.2, 0.25) is 0 Å². The van der Waals surface area contributed by atoms with Crippen molar-refractivity contribution in [3.05, 3.63) is 35.4 Å². The molecule has 0 aliphatic heterocycles. The van der Waals surface area contributed by atoms with Gasteiger partial charge >= 0.3 is 5.97 Å². The van der Waals surface area contributed by atoms with Gasteiger partial charge in [0.15, 0.2) is 57.1 Å². The first-order chi connectivity index (χ1) is 16.1. The Kier molecular flexibility index (Phi) is 6.04. The molecule has 4 atom stereocenters. The van der Waals surface area contributed by atoms with Crippen molar-refractivity contribution in [2.24, 2.45) is 5.41 Å². The van der Waals surface area contributed by atoms with Gasteiger partial charge in [-0.3, -0.25) is 9.59 Å². The van der Waals surface area contributed by atoms with Gasteiger partial charge in [-0.2, -0.15) is 0 Å². The quantitative estimate of drug-likeness (QED) is 0.125. The summed E-state index contributed by atoms with van der Waals surface area (Å²) < 4.78 is 0. The van der Waals surface area contributed by atoms with E-state index in [1.165, 1.54) is 0 Å². The predicted octanol–water partition coefficient (Wildman–Crippen LogP) is -1.73. The van der Waals surface area contributed by atoms with E-state index in [2.05, 4.69) is 0 Å². The lowest BCUT2D eigenvalue weighted by Crippen LogP contribution is -2.75. The SMILES string of the molecule is O=C(O)C1(O)C[C@@H](O)C(O)[C@H](O)C1(C(=O)c1cc(O)c(O)c(O)c1)C(=O)c1cc(O)c(O)c(O)c1. The van der Waals surface area contributed by atoms with Crippen molar-refractivity contribution in [3.8, 4) is 34.5 Å². The predicted molar refractivity (Wildman–Crippen MR) is 109 cm³/mol. The molecule has 1 aliphatic rings. The Hall–Kier alpha value is -4.11. The van der Waals surface area contributed by atoms with Crippen LogP contribution in [0.4, 0.5) is 0 Å². The summed E-state index contributed by atoms with van der Waals surface area (Å²) in [7, 11) is 0. The first-order valence-corrected chi connectivity index (χ1v) is 9.70. The zero-order chi connectivity index (χ0) is 26.6. The van der Waals surface area contributed by atoms with Crippen LogP contribution in [0, 0.1) is 5.41 Å². The second-order valence-corrected chi connectivity index (χ2v) is 8.06. The minimum atomic E-state index is -3.66. The highest BCUT2D eigenvalue weighted by Gasteiger charge is 2.73. The van der Waals surface area contributed by atoms with E-state index in [9.17, 15) is 70.6 Å². The van der Waals surface area contributed by atoms with Gasteiger partial charge in [0.2, 0.25) is 0 Å². The van der Waals surface area contributed by atoms with Gasteiger partial charge in [0.05, 0.1) is 6.10 Å². The Balaban J connectivity index is 2.43. The third-order valence-corrected chi connectivity index (χ3v) is 6.05. The molecule has 3 rings (SSSR count). The number of aliphatic hydroxyl groups is 4. The van der Waals surface area contributed by atoms with E-state index < -0.39 is 98.9 Å². The number of aromatic hydroxyl groups is 6. The number of hydrogen-bond donors (Lipinski definition) is 11. The highest BCUT2D eigenvalue weighted by molar-refractivity contribution is 6.24. The summed E-state index contributed by atoms with van der Waals surface area (Å²) in [6.45, 7) is 0. The van der Waals surface area contributed by atoms with Gasteiger partial charge in [0, 0.05) is 17.5 Å². The molecule has 1 fully saturated rings. The van der Waals surface area contributed by atoms with Crippen LogP contribution < -0.4 is 0 Å². The molecule has 11 N–H and O–H groups in total. The fourth-order valence-electron chi connectivity index (χ4n) is 4.22. The molecule has 0 saturated heterocycles. The summed E-state index contributed by atoms with van der Waals surface area (Å²) in [5.74, 6) is -12.6. The first-order valence-electron chi connectivity index (χ1n) is 9.70. The Bertz CT molecular complexity index is 1120. The van der Waals surface area contributed by atoms with E-state index in [-0.39, 0.29) is 0 Å².